The van der Waals surface area contributed by atoms with Crippen LogP contribution in [0.5, 0.6) is 0 Å². The van der Waals surface area contributed by atoms with Gasteiger partial charge in [0.05, 0.1) is 11.0 Å². The van der Waals surface area contributed by atoms with E-state index in [-0.39, 0.29) is 22.8 Å². The summed E-state index contributed by atoms with van der Waals surface area (Å²) in [5, 5.41) is 23.6. The first-order valence-corrected chi connectivity index (χ1v) is 7.23. The van der Waals surface area contributed by atoms with Crippen LogP contribution in [0, 0.1) is 17.0 Å². The summed E-state index contributed by atoms with van der Waals surface area (Å²) >= 11 is 5.78. The molecule has 0 aliphatic heterocycles. The van der Waals surface area contributed by atoms with Crippen LogP contribution < -0.4 is 5.32 Å². The van der Waals surface area contributed by atoms with E-state index in [4.69, 9.17) is 11.6 Å². The van der Waals surface area contributed by atoms with Crippen molar-refractivity contribution in [2.24, 2.45) is 0 Å². The number of amides is 1. The first-order chi connectivity index (χ1) is 10.9. The molecule has 0 aliphatic rings. The third-order valence-corrected chi connectivity index (χ3v) is 3.58. The molecule has 2 rings (SSSR count). The van der Waals surface area contributed by atoms with Gasteiger partial charge in [0, 0.05) is 29.3 Å². The van der Waals surface area contributed by atoms with Crippen molar-refractivity contribution in [3.05, 3.63) is 74.3 Å². The van der Waals surface area contributed by atoms with E-state index in [2.05, 4.69) is 5.32 Å². The Morgan fingerprint density at radius 3 is 2.70 bits per heavy atom. The summed E-state index contributed by atoms with van der Waals surface area (Å²) < 4.78 is 0. The van der Waals surface area contributed by atoms with Gasteiger partial charge in [0.25, 0.3) is 11.6 Å². The minimum Gasteiger partial charge on any atom is -0.387 e. The lowest BCUT2D eigenvalue weighted by atomic mass is 10.0. The molecule has 1 amide bonds. The van der Waals surface area contributed by atoms with Crippen LogP contribution in [0.2, 0.25) is 5.02 Å². The first kappa shape index (κ1) is 16.9. The van der Waals surface area contributed by atoms with Crippen molar-refractivity contribution >= 4 is 23.2 Å². The van der Waals surface area contributed by atoms with Gasteiger partial charge in [0.15, 0.2) is 0 Å². The van der Waals surface area contributed by atoms with E-state index >= 15 is 0 Å². The average molecular weight is 335 g/mol. The summed E-state index contributed by atoms with van der Waals surface area (Å²) in [5.41, 5.74) is 1.43. The Morgan fingerprint density at radius 2 is 2.04 bits per heavy atom. The number of non-ortho nitro benzene ring substituents is 1. The maximum Gasteiger partial charge on any atom is 0.271 e. The molecule has 0 aromatic heterocycles. The summed E-state index contributed by atoms with van der Waals surface area (Å²) in [5.74, 6) is -0.539. The number of nitro groups is 1. The van der Waals surface area contributed by atoms with E-state index in [1.54, 1.807) is 12.1 Å². The highest BCUT2D eigenvalue weighted by molar-refractivity contribution is 6.31. The zero-order chi connectivity index (χ0) is 17.0. The Hall–Kier alpha value is -2.44. The molecule has 1 unspecified atom stereocenters. The fourth-order valence-electron chi connectivity index (χ4n) is 2.17. The molecule has 0 bridgehead atoms. The van der Waals surface area contributed by atoms with Crippen LogP contribution in [-0.4, -0.2) is 22.5 Å². The van der Waals surface area contributed by atoms with Gasteiger partial charge in [0.2, 0.25) is 0 Å². The lowest BCUT2D eigenvalue weighted by molar-refractivity contribution is -0.384. The molecule has 0 saturated heterocycles. The van der Waals surface area contributed by atoms with Crippen molar-refractivity contribution in [1.82, 2.24) is 5.32 Å². The van der Waals surface area contributed by atoms with Crippen LogP contribution >= 0.6 is 11.6 Å². The number of hydrogen-bond donors (Lipinski definition) is 2. The highest BCUT2D eigenvalue weighted by atomic mass is 35.5. The lowest BCUT2D eigenvalue weighted by Crippen LogP contribution is -2.28. The number of rotatable bonds is 5. The monoisotopic (exact) mass is 334 g/mol. The fourth-order valence-corrected chi connectivity index (χ4v) is 2.40. The average Bonchev–Trinajstić information content (AvgIpc) is 2.52. The molecule has 2 aromatic carbocycles. The van der Waals surface area contributed by atoms with E-state index < -0.39 is 16.9 Å². The van der Waals surface area contributed by atoms with Crippen molar-refractivity contribution in [3.8, 4) is 0 Å². The quantitative estimate of drug-likeness (QED) is 0.649. The van der Waals surface area contributed by atoms with E-state index in [0.717, 1.165) is 11.6 Å². The van der Waals surface area contributed by atoms with Crippen LogP contribution in [0.1, 0.15) is 27.6 Å². The number of nitrogens with zero attached hydrogens (tertiary/aromatic N) is 1. The molecule has 2 aromatic rings. The second kappa shape index (κ2) is 7.21. The number of carbonyl (C=O) groups is 1. The minimum absolute atomic E-state index is 0.00992. The predicted molar refractivity (Wildman–Crippen MR) is 86.6 cm³/mol. The number of aryl methyl sites for hydroxylation is 1. The third kappa shape index (κ3) is 4.28. The minimum atomic E-state index is -0.866. The lowest BCUT2D eigenvalue weighted by Gasteiger charge is -2.14. The smallest absolute Gasteiger partial charge is 0.271 e. The van der Waals surface area contributed by atoms with Crippen molar-refractivity contribution in [1.29, 1.82) is 0 Å². The maximum atomic E-state index is 12.1. The molecule has 120 valence electrons. The molecule has 0 heterocycles. The highest BCUT2D eigenvalue weighted by Gasteiger charge is 2.16. The standard InChI is InChI=1S/C16H15ClN2O4/c1-10-4-2-3-5-14(10)15(20)9-18-16(21)11-6-12(17)8-13(7-11)19(22)23/h2-8,15,20H,9H2,1H3,(H,18,21). The number of aliphatic hydroxyl groups excluding tert-OH is 1. The third-order valence-electron chi connectivity index (χ3n) is 3.36. The second-order valence-electron chi connectivity index (χ2n) is 5.04. The molecule has 0 saturated carbocycles. The summed E-state index contributed by atoms with van der Waals surface area (Å²) in [7, 11) is 0. The topological polar surface area (TPSA) is 92.5 Å². The van der Waals surface area contributed by atoms with Crippen LogP contribution in [0.3, 0.4) is 0 Å². The van der Waals surface area contributed by atoms with Crippen molar-refractivity contribution in [3.63, 3.8) is 0 Å². The molecule has 6 nitrogen and oxygen atoms in total. The number of nitro benzene ring substituents is 1. The van der Waals surface area contributed by atoms with Gasteiger partial charge >= 0.3 is 0 Å². The Bertz CT molecular complexity index is 749. The zero-order valence-electron chi connectivity index (χ0n) is 12.3. The van der Waals surface area contributed by atoms with Gasteiger partial charge in [-0.15, -0.1) is 0 Å². The molecular formula is C16H15ClN2O4. The van der Waals surface area contributed by atoms with E-state index in [1.807, 2.05) is 19.1 Å². The molecule has 0 aliphatic carbocycles. The van der Waals surface area contributed by atoms with Crippen molar-refractivity contribution in [2.75, 3.05) is 6.54 Å². The Kier molecular flexibility index (Phi) is 5.31. The zero-order valence-corrected chi connectivity index (χ0v) is 13.1. The summed E-state index contributed by atoms with van der Waals surface area (Å²) in [6.45, 7) is 1.85. The van der Waals surface area contributed by atoms with E-state index in [1.165, 1.54) is 12.1 Å². The number of carbonyl (C=O) groups excluding carboxylic acids is 1. The van der Waals surface area contributed by atoms with Crippen molar-refractivity contribution < 1.29 is 14.8 Å². The Balaban J connectivity index is 2.08. The van der Waals surface area contributed by atoms with Crippen molar-refractivity contribution in [2.45, 2.75) is 13.0 Å². The van der Waals surface area contributed by atoms with Gasteiger partial charge in [-0.1, -0.05) is 35.9 Å². The molecule has 0 spiro atoms. The number of nitrogens with one attached hydrogen (secondary N) is 1. The maximum absolute atomic E-state index is 12.1. The Labute approximate surface area is 137 Å². The first-order valence-electron chi connectivity index (χ1n) is 6.85. The number of halogens is 1. The van der Waals surface area contributed by atoms with E-state index in [9.17, 15) is 20.0 Å². The van der Waals surface area contributed by atoms with Crippen LogP contribution in [0.25, 0.3) is 0 Å². The summed E-state index contributed by atoms with van der Waals surface area (Å²) in [4.78, 5) is 22.3. The van der Waals surface area contributed by atoms with E-state index in [0.29, 0.717) is 5.56 Å². The van der Waals surface area contributed by atoms with Gasteiger partial charge in [0.1, 0.15) is 0 Å². The Morgan fingerprint density at radius 1 is 1.35 bits per heavy atom. The number of benzene rings is 2. The molecule has 2 N–H and O–H groups in total. The van der Waals surface area contributed by atoms with Gasteiger partial charge in [-0.2, -0.15) is 0 Å². The summed E-state index contributed by atoms with van der Waals surface area (Å²) in [6, 6.07) is 10.9. The normalized spacial score (nSPS) is 11.8. The highest BCUT2D eigenvalue weighted by Crippen LogP contribution is 2.21. The van der Waals surface area contributed by atoms with Gasteiger partial charge < -0.3 is 10.4 Å². The summed E-state index contributed by atoms with van der Waals surface area (Å²) in [6.07, 6.45) is -0.866. The van der Waals surface area contributed by atoms with Crippen LogP contribution in [0.15, 0.2) is 42.5 Å². The van der Waals surface area contributed by atoms with Gasteiger partial charge in [-0.25, -0.2) is 0 Å². The SMILES string of the molecule is Cc1ccccc1C(O)CNC(=O)c1cc(Cl)cc([N+](=O)[O-])c1. The fraction of sp³-hybridized carbons (Fsp3) is 0.188. The molecule has 7 heteroatoms. The van der Waals surface area contributed by atoms with Gasteiger partial charge in [-0.3, -0.25) is 14.9 Å². The predicted octanol–water partition coefficient (Wildman–Crippen LogP) is 3.02. The molecule has 0 fully saturated rings. The van der Waals surface area contributed by atoms with Crippen LogP contribution in [0.4, 0.5) is 5.69 Å². The molecule has 1 atom stereocenters. The molecule has 23 heavy (non-hydrogen) atoms. The number of aliphatic hydroxyl groups is 1. The number of hydrogen-bond acceptors (Lipinski definition) is 4. The molecule has 0 radical (unpaired) electrons. The molecular weight excluding hydrogens is 320 g/mol. The second-order valence-corrected chi connectivity index (χ2v) is 5.47. The van der Waals surface area contributed by atoms with Gasteiger partial charge in [-0.05, 0) is 24.1 Å². The van der Waals surface area contributed by atoms with Crippen LogP contribution in [-0.2, 0) is 0 Å². The largest absolute Gasteiger partial charge is 0.387 e.